The first-order chi connectivity index (χ1) is 8.20. The Morgan fingerprint density at radius 3 is 2.94 bits per heavy atom. The molecule has 3 N–H and O–H groups in total. The van der Waals surface area contributed by atoms with E-state index in [0.29, 0.717) is 23.9 Å². The largest absolute Gasteiger partial charge is 0.490 e. The fourth-order valence-electron chi connectivity index (χ4n) is 1.33. The maximum atomic E-state index is 5.85. The predicted octanol–water partition coefficient (Wildman–Crippen LogP) is 2.39. The normalized spacial score (nSPS) is 10.2. The van der Waals surface area contributed by atoms with Gasteiger partial charge in [0, 0.05) is 4.88 Å². The van der Waals surface area contributed by atoms with Gasteiger partial charge >= 0.3 is 0 Å². The van der Waals surface area contributed by atoms with Gasteiger partial charge in [-0.15, -0.1) is 11.3 Å². The van der Waals surface area contributed by atoms with Crippen molar-refractivity contribution in [2.45, 2.75) is 6.54 Å². The topological polar surface area (TPSA) is 73.1 Å². The highest BCUT2D eigenvalue weighted by Gasteiger charge is 2.09. The van der Waals surface area contributed by atoms with Crippen LogP contribution in [0.5, 0.6) is 5.75 Å². The number of anilines is 2. The minimum Gasteiger partial charge on any atom is -0.490 e. The molecule has 2 aromatic rings. The van der Waals surface area contributed by atoms with Crippen LogP contribution in [0, 0.1) is 0 Å². The smallest absolute Gasteiger partial charge is 0.203 e. The number of halogens is 1. The van der Waals surface area contributed by atoms with Crippen molar-refractivity contribution in [3.8, 4) is 5.75 Å². The number of hydrogen-bond acceptors (Lipinski definition) is 6. The van der Waals surface area contributed by atoms with E-state index in [0.717, 1.165) is 9.21 Å². The van der Waals surface area contributed by atoms with Crippen LogP contribution >= 0.6 is 22.9 Å². The van der Waals surface area contributed by atoms with Crippen molar-refractivity contribution in [2.75, 3.05) is 18.2 Å². The van der Waals surface area contributed by atoms with Crippen molar-refractivity contribution in [2.24, 2.45) is 0 Å². The van der Waals surface area contributed by atoms with Gasteiger partial charge in [-0.1, -0.05) is 11.6 Å². The Kier molecular flexibility index (Phi) is 3.65. The van der Waals surface area contributed by atoms with E-state index in [1.165, 1.54) is 24.8 Å². The quantitative estimate of drug-likeness (QED) is 0.892. The first kappa shape index (κ1) is 11.9. The molecule has 5 nitrogen and oxygen atoms in total. The summed E-state index contributed by atoms with van der Waals surface area (Å²) in [6, 6.07) is 3.81. The number of nitrogen functional groups attached to an aromatic ring is 1. The second-order valence-electron chi connectivity index (χ2n) is 3.20. The molecule has 0 aliphatic rings. The number of rotatable bonds is 4. The number of aromatic nitrogens is 2. The van der Waals surface area contributed by atoms with Crippen molar-refractivity contribution in [1.29, 1.82) is 0 Å². The van der Waals surface area contributed by atoms with Crippen LogP contribution in [-0.2, 0) is 6.54 Å². The Balaban J connectivity index is 2.11. The number of hydrogen-bond donors (Lipinski definition) is 2. The van der Waals surface area contributed by atoms with Crippen molar-refractivity contribution >= 4 is 34.6 Å². The second kappa shape index (κ2) is 5.20. The molecule has 2 aromatic heterocycles. The molecule has 2 heterocycles. The van der Waals surface area contributed by atoms with Gasteiger partial charge in [0.15, 0.2) is 11.6 Å². The Morgan fingerprint density at radius 2 is 2.29 bits per heavy atom. The zero-order chi connectivity index (χ0) is 12.3. The van der Waals surface area contributed by atoms with E-state index in [-0.39, 0.29) is 0 Å². The van der Waals surface area contributed by atoms with Gasteiger partial charge < -0.3 is 15.8 Å². The summed E-state index contributed by atoms with van der Waals surface area (Å²) in [7, 11) is 1.53. The average molecular weight is 271 g/mol. The number of methoxy groups -OCH3 is 1. The number of nitrogens with one attached hydrogen (secondary N) is 1. The lowest BCUT2D eigenvalue weighted by Gasteiger charge is -2.09. The summed E-state index contributed by atoms with van der Waals surface area (Å²) in [6.07, 6.45) is 1.39. The third-order valence-electron chi connectivity index (χ3n) is 2.09. The lowest BCUT2D eigenvalue weighted by molar-refractivity contribution is 0.415. The summed E-state index contributed by atoms with van der Waals surface area (Å²) in [5.74, 6) is 1.34. The maximum Gasteiger partial charge on any atom is 0.203 e. The van der Waals surface area contributed by atoms with Crippen LogP contribution in [0.4, 0.5) is 11.6 Å². The highest BCUT2D eigenvalue weighted by molar-refractivity contribution is 7.16. The van der Waals surface area contributed by atoms with Gasteiger partial charge in [0.1, 0.15) is 6.33 Å². The monoisotopic (exact) mass is 270 g/mol. The fourth-order valence-corrected chi connectivity index (χ4v) is 2.36. The van der Waals surface area contributed by atoms with E-state index in [2.05, 4.69) is 15.3 Å². The molecule has 0 amide bonds. The highest BCUT2D eigenvalue weighted by Crippen LogP contribution is 2.28. The van der Waals surface area contributed by atoms with E-state index in [1.807, 2.05) is 12.1 Å². The molecule has 0 saturated carbocycles. The van der Waals surface area contributed by atoms with E-state index in [9.17, 15) is 0 Å². The van der Waals surface area contributed by atoms with Crippen molar-refractivity contribution in [1.82, 2.24) is 9.97 Å². The van der Waals surface area contributed by atoms with Crippen LogP contribution in [0.1, 0.15) is 4.88 Å². The Bertz CT molecular complexity index is 517. The molecular formula is C10H11ClN4OS. The van der Waals surface area contributed by atoms with E-state index in [1.54, 1.807) is 0 Å². The molecule has 0 spiro atoms. The molecular weight excluding hydrogens is 260 g/mol. The van der Waals surface area contributed by atoms with E-state index in [4.69, 9.17) is 22.1 Å². The summed E-state index contributed by atoms with van der Waals surface area (Å²) < 4.78 is 5.89. The molecule has 0 bridgehead atoms. The van der Waals surface area contributed by atoms with Crippen LogP contribution in [0.15, 0.2) is 18.5 Å². The summed E-state index contributed by atoms with van der Waals surface area (Å²) >= 11 is 7.36. The summed E-state index contributed by atoms with van der Waals surface area (Å²) in [6.45, 7) is 0.615. The van der Waals surface area contributed by atoms with Crippen molar-refractivity contribution in [3.63, 3.8) is 0 Å². The summed E-state index contributed by atoms with van der Waals surface area (Å²) in [4.78, 5) is 9.04. The standard InChI is InChI=1S/C10H11ClN4OS/c1-16-8-9(12)14-5-15-10(8)13-4-6-2-3-7(11)17-6/h2-3,5H,4H2,1H3,(H3,12,13,14,15). The molecule has 17 heavy (non-hydrogen) atoms. The molecule has 0 saturated heterocycles. The average Bonchev–Trinajstić information content (AvgIpc) is 2.72. The predicted molar refractivity (Wildman–Crippen MR) is 69.7 cm³/mol. The number of nitrogens with zero attached hydrogens (tertiary/aromatic N) is 2. The van der Waals surface area contributed by atoms with Crippen LogP contribution in [-0.4, -0.2) is 17.1 Å². The summed E-state index contributed by atoms with van der Waals surface area (Å²) in [5.41, 5.74) is 5.67. The molecule has 0 aliphatic carbocycles. The zero-order valence-electron chi connectivity index (χ0n) is 9.11. The molecule has 0 fully saturated rings. The lowest BCUT2D eigenvalue weighted by Crippen LogP contribution is -2.05. The molecule has 0 aliphatic heterocycles. The zero-order valence-corrected chi connectivity index (χ0v) is 10.7. The van der Waals surface area contributed by atoms with Crippen molar-refractivity contribution in [3.05, 3.63) is 27.7 Å². The minimum absolute atomic E-state index is 0.314. The van der Waals surface area contributed by atoms with E-state index < -0.39 is 0 Å². The highest BCUT2D eigenvalue weighted by atomic mass is 35.5. The third kappa shape index (κ3) is 2.78. The van der Waals surface area contributed by atoms with Gasteiger partial charge in [0.25, 0.3) is 0 Å². The molecule has 90 valence electrons. The molecule has 0 atom stereocenters. The number of nitrogens with two attached hydrogens (primary N) is 1. The molecule has 2 rings (SSSR count). The van der Waals surface area contributed by atoms with Gasteiger partial charge in [-0.05, 0) is 12.1 Å². The third-order valence-corrected chi connectivity index (χ3v) is 3.33. The van der Waals surface area contributed by atoms with Gasteiger partial charge in [0.2, 0.25) is 5.75 Å². The minimum atomic E-state index is 0.314. The fraction of sp³-hybridized carbons (Fsp3) is 0.200. The first-order valence-electron chi connectivity index (χ1n) is 4.83. The second-order valence-corrected chi connectivity index (χ2v) is 5.00. The molecule has 0 aromatic carbocycles. The van der Waals surface area contributed by atoms with Gasteiger partial charge in [0.05, 0.1) is 18.0 Å². The number of ether oxygens (including phenoxy) is 1. The molecule has 0 radical (unpaired) electrons. The Labute approximate surface area is 108 Å². The molecule has 0 unspecified atom stereocenters. The Hall–Kier alpha value is -1.53. The van der Waals surface area contributed by atoms with Crippen LogP contribution in [0.25, 0.3) is 0 Å². The lowest BCUT2D eigenvalue weighted by atomic mass is 10.4. The van der Waals surface area contributed by atoms with Crippen LogP contribution in [0.3, 0.4) is 0 Å². The van der Waals surface area contributed by atoms with Gasteiger partial charge in [-0.25, -0.2) is 9.97 Å². The first-order valence-corrected chi connectivity index (χ1v) is 6.02. The number of thiophene rings is 1. The van der Waals surface area contributed by atoms with Gasteiger partial charge in [-0.3, -0.25) is 0 Å². The molecule has 7 heteroatoms. The van der Waals surface area contributed by atoms with Crippen LogP contribution in [0.2, 0.25) is 4.34 Å². The maximum absolute atomic E-state index is 5.85. The summed E-state index contributed by atoms with van der Waals surface area (Å²) in [5, 5.41) is 3.13. The van der Waals surface area contributed by atoms with Gasteiger partial charge in [-0.2, -0.15) is 0 Å². The van der Waals surface area contributed by atoms with Crippen LogP contribution < -0.4 is 15.8 Å². The van der Waals surface area contributed by atoms with E-state index >= 15 is 0 Å². The SMILES string of the molecule is COc1c(N)ncnc1NCc1ccc(Cl)s1. The van der Waals surface area contributed by atoms with Crippen molar-refractivity contribution < 1.29 is 4.74 Å². The Morgan fingerprint density at radius 1 is 1.47 bits per heavy atom.